The summed E-state index contributed by atoms with van der Waals surface area (Å²) in [5.41, 5.74) is 0.647. The number of carbonyl (C=O) groups excluding carboxylic acids is 1. The molecule has 30 heavy (non-hydrogen) atoms. The van der Waals surface area contributed by atoms with Crippen molar-refractivity contribution in [2.45, 2.75) is 0 Å². The lowest BCUT2D eigenvalue weighted by Crippen LogP contribution is -2.20. The highest BCUT2D eigenvalue weighted by atomic mass is 19.1. The summed E-state index contributed by atoms with van der Waals surface area (Å²) in [5.74, 6) is 1.32. The molecule has 0 aliphatic carbocycles. The Morgan fingerprint density at radius 3 is 2.50 bits per heavy atom. The Morgan fingerprint density at radius 1 is 1.00 bits per heavy atom. The predicted octanol–water partition coefficient (Wildman–Crippen LogP) is 3.82. The maximum Gasteiger partial charge on any atom is 0.264 e. The highest BCUT2D eigenvalue weighted by molar-refractivity contribution is 5.90. The zero-order valence-corrected chi connectivity index (χ0v) is 15.6. The van der Waals surface area contributed by atoms with E-state index in [9.17, 15) is 9.18 Å². The highest BCUT2D eigenvalue weighted by Gasteiger charge is 2.10. The SMILES string of the molecule is O=C(COc1ccc(Oc2ccccn2)cc1)Nc1n[nH]c(-c2ccc(F)cc2)n1. The molecule has 2 N–H and O–H groups in total. The molecule has 8 nitrogen and oxygen atoms in total. The fourth-order valence-corrected chi connectivity index (χ4v) is 2.50. The Labute approximate surface area is 170 Å². The fraction of sp³-hybridized carbons (Fsp3) is 0.0476. The van der Waals surface area contributed by atoms with Gasteiger partial charge in [0, 0.05) is 17.8 Å². The minimum Gasteiger partial charge on any atom is -0.484 e. The number of carbonyl (C=O) groups is 1. The van der Waals surface area contributed by atoms with Gasteiger partial charge in [0.05, 0.1) is 0 Å². The van der Waals surface area contributed by atoms with Crippen LogP contribution in [0, 0.1) is 5.82 Å². The second-order valence-corrected chi connectivity index (χ2v) is 6.09. The zero-order chi connectivity index (χ0) is 20.8. The molecule has 0 fully saturated rings. The van der Waals surface area contributed by atoms with Gasteiger partial charge in [-0.2, -0.15) is 4.98 Å². The summed E-state index contributed by atoms with van der Waals surface area (Å²) in [4.78, 5) is 20.3. The molecule has 150 valence electrons. The average molecular weight is 405 g/mol. The number of pyridine rings is 1. The molecule has 0 spiro atoms. The van der Waals surface area contributed by atoms with Crippen molar-refractivity contribution in [3.8, 4) is 28.8 Å². The van der Waals surface area contributed by atoms with E-state index in [1.807, 2.05) is 6.07 Å². The van der Waals surface area contributed by atoms with Crippen molar-refractivity contribution in [2.75, 3.05) is 11.9 Å². The van der Waals surface area contributed by atoms with Gasteiger partial charge in [-0.1, -0.05) is 6.07 Å². The molecule has 0 saturated carbocycles. The third-order valence-electron chi connectivity index (χ3n) is 3.91. The summed E-state index contributed by atoms with van der Waals surface area (Å²) in [6, 6.07) is 17.9. The number of aromatic nitrogens is 4. The molecule has 4 rings (SSSR count). The lowest BCUT2D eigenvalue weighted by molar-refractivity contribution is -0.118. The molecule has 0 unspecified atom stereocenters. The van der Waals surface area contributed by atoms with Crippen molar-refractivity contribution in [3.05, 3.63) is 78.7 Å². The molecule has 1 amide bonds. The van der Waals surface area contributed by atoms with Crippen LogP contribution in [0.2, 0.25) is 0 Å². The molecule has 0 saturated heterocycles. The van der Waals surface area contributed by atoms with Crippen LogP contribution in [0.25, 0.3) is 11.4 Å². The van der Waals surface area contributed by atoms with Crippen molar-refractivity contribution >= 4 is 11.9 Å². The van der Waals surface area contributed by atoms with Crippen LogP contribution in [-0.2, 0) is 4.79 Å². The molecular formula is C21H16FN5O3. The monoisotopic (exact) mass is 405 g/mol. The van der Waals surface area contributed by atoms with Gasteiger partial charge in [0.15, 0.2) is 12.4 Å². The first-order valence-electron chi connectivity index (χ1n) is 8.96. The van der Waals surface area contributed by atoms with Gasteiger partial charge in [0.2, 0.25) is 11.8 Å². The summed E-state index contributed by atoms with van der Waals surface area (Å²) >= 11 is 0. The topological polar surface area (TPSA) is 102 Å². The summed E-state index contributed by atoms with van der Waals surface area (Å²) in [7, 11) is 0. The number of amides is 1. The van der Waals surface area contributed by atoms with E-state index in [2.05, 4.69) is 25.5 Å². The van der Waals surface area contributed by atoms with Crippen molar-refractivity contribution in [3.63, 3.8) is 0 Å². The number of hydrogen-bond donors (Lipinski definition) is 2. The molecule has 0 atom stereocenters. The van der Waals surface area contributed by atoms with Gasteiger partial charge in [-0.25, -0.2) is 9.37 Å². The largest absolute Gasteiger partial charge is 0.484 e. The summed E-state index contributed by atoms with van der Waals surface area (Å²) in [6.45, 7) is -0.221. The van der Waals surface area contributed by atoms with Crippen LogP contribution in [0.5, 0.6) is 17.4 Å². The van der Waals surface area contributed by atoms with Crippen molar-refractivity contribution in [1.29, 1.82) is 0 Å². The summed E-state index contributed by atoms with van der Waals surface area (Å²) < 4.78 is 24.1. The van der Waals surface area contributed by atoms with E-state index in [1.54, 1.807) is 54.7 Å². The Morgan fingerprint density at radius 2 is 1.77 bits per heavy atom. The number of nitrogens with zero attached hydrogens (tertiary/aromatic N) is 3. The van der Waals surface area contributed by atoms with Crippen LogP contribution in [0.3, 0.4) is 0 Å². The zero-order valence-electron chi connectivity index (χ0n) is 15.6. The normalized spacial score (nSPS) is 10.4. The number of ether oxygens (including phenoxy) is 2. The van der Waals surface area contributed by atoms with E-state index in [0.717, 1.165) is 0 Å². The molecule has 0 aliphatic heterocycles. The number of halogens is 1. The number of aromatic amines is 1. The van der Waals surface area contributed by atoms with Crippen LogP contribution in [0.4, 0.5) is 10.3 Å². The molecule has 2 heterocycles. The van der Waals surface area contributed by atoms with Gasteiger partial charge >= 0.3 is 0 Å². The molecule has 2 aromatic carbocycles. The van der Waals surface area contributed by atoms with E-state index in [4.69, 9.17) is 9.47 Å². The van der Waals surface area contributed by atoms with Crippen LogP contribution < -0.4 is 14.8 Å². The lowest BCUT2D eigenvalue weighted by atomic mass is 10.2. The number of rotatable bonds is 7. The van der Waals surface area contributed by atoms with Crippen LogP contribution >= 0.6 is 0 Å². The van der Waals surface area contributed by atoms with E-state index in [0.29, 0.717) is 28.8 Å². The number of anilines is 1. The minimum absolute atomic E-state index is 0.0991. The van der Waals surface area contributed by atoms with Gasteiger partial charge < -0.3 is 9.47 Å². The first kappa shape index (κ1) is 19.1. The Balaban J connectivity index is 1.28. The first-order valence-corrected chi connectivity index (χ1v) is 8.96. The van der Waals surface area contributed by atoms with Gasteiger partial charge in [0.25, 0.3) is 5.91 Å². The van der Waals surface area contributed by atoms with E-state index in [-0.39, 0.29) is 18.4 Å². The van der Waals surface area contributed by atoms with E-state index >= 15 is 0 Å². The first-order chi connectivity index (χ1) is 14.7. The molecule has 0 bridgehead atoms. The molecule has 4 aromatic rings. The summed E-state index contributed by atoms with van der Waals surface area (Å²) in [6.07, 6.45) is 1.64. The van der Waals surface area contributed by atoms with Gasteiger partial charge in [-0.05, 0) is 54.6 Å². The van der Waals surface area contributed by atoms with Crippen molar-refractivity contribution < 1.29 is 18.7 Å². The highest BCUT2D eigenvalue weighted by Crippen LogP contribution is 2.22. The Hall–Kier alpha value is -4.27. The smallest absolute Gasteiger partial charge is 0.264 e. The fourth-order valence-electron chi connectivity index (χ4n) is 2.50. The van der Waals surface area contributed by atoms with Gasteiger partial charge in [-0.15, -0.1) is 5.10 Å². The standard InChI is InChI=1S/C21H16FN5O3/c22-15-6-4-14(5-7-15)20-25-21(27-26-20)24-18(28)13-29-16-8-10-17(11-9-16)30-19-3-1-2-12-23-19/h1-12H,13H2,(H2,24,25,26,27,28). The number of hydrogen-bond acceptors (Lipinski definition) is 6. The van der Waals surface area contributed by atoms with Crippen molar-refractivity contribution in [1.82, 2.24) is 20.2 Å². The third-order valence-corrected chi connectivity index (χ3v) is 3.91. The van der Waals surface area contributed by atoms with Gasteiger partial charge in [0.1, 0.15) is 17.3 Å². The minimum atomic E-state index is -0.423. The maximum atomic E-state index is 13.0. The van der Waals surface area contributed by atoms with E-state index < -0.39 is 5.91 Å². The van der Waals surface area contributed by atoms with E-state index in [1.165, 1.54) is 12.1 Å². The quantitative estimate of drug-likeness (QED) is 0.485. The number of benzene rings is 2. The molecule has 0 radical (unpaired) electrons. The van der Waals surface area contributed by atoms with Crippen molar-refractivity contribution in [2.24, 2.45) is 0 Å². The van der Waals surface area contributed by atoms with Crippen LogP contribution in [0.15, 0.2) is 72.9 Å². The third kappa shape index (κ3) is 4.96. The molecule has 0 aliphatic rings. The van der Waals surface area contributed by atoms with Crippen LogP contribution in [0.1, 0.15) is 0 Å². The molecule has 9 heteroatoms. The lowest BCUT2D eigenvalue weighted by Gasteiger charge is -2.07. The number of H-pyrrole nitrogens is 1. The maximum absolute atomic E-state index is 13.0. The van der Waals surface area contributed by atoms with Gasteiger partial charge in [-0.3, -0.25) is 15.2 Å². The Bertz CT molecular complexity index is 1120. The molecular weight excluding hydrogens is 389 g/mol. The average Bonchev–Trinajstić information content (AvgIpc) is 3.23. The number of nitrogens with one attached hydrogen (secondary N) is 2. The second kappa shape index (κ2) is 8.82. The van der Waals surface area contributed by atoms with Crippen LogP contribution in [-0.4, -0.2) is 32.7 Å². The second-order valence-electron chi connectivity index (χ2n) is 6.09. The summed E-state index contributed by atoms with van der Waals surface area (Å²) in [5, 5.41) is 9.14. The predicted molar refractivity (Wildman–Crippen MR) is 107 cm³/mol. The Kier molecular flexibility index (Phi) is 5.61. The molecule has 2 aromatic heterocycles.